The van der Waals surface area contributed by atoms with Gasteiger partial charge >= 0.3 is 5.97 Å². The molecule has 0 radical (unpaired) electrons. The molecule has 0 unspecified atom stereocenters. The minimum absolute atomic E-state index is 0.222. The third-order valence-corrected chi connectivity index (χ3v) is 7.05. The van der Waals surface area contributed by atoms with Gasteiger partial charge in [-0.05, 0) is 38.1 Å². The molecule has 10 heteroatoms. The molecule has 0 atom stereocenters. The zero-order valence-electron chi connectivity index (χ0n) is 19.1. The van der Waals surface area contributed by atoms with Crippen molar-refractivity contribution in [1.82, 2.24) is 19.6 Å². The van der Waals surface area contributed by atoms with E-state index in [9.17, 15) is 9.90 Å². The van der Waals surface area contributed by atoms with Crippen molar-refractivity contribution in [3.63, 3.8) is 0 Å². The SMILES string of the molecule is CC(C)N1CCN(N)CC1.O=C(O)c1cc2ccccc2n1Cc1cc(-c2ccc(Cl)s2)on1. The Balaban J connectivity index is 0.000000231. The molecule has 4 aromatic rings. The van der Waals surface area contributed by atoms with Gasteiger partial charge < -0.3 is 14.2 Å². The summed E-state index contributed by atoms with van der Waals surface area (Å²) in [6.07, 6.45) is 0. The van der Waals surface area contributed by atoms with Crippen LogP contribution in [0.4, 0.5) is 0 Å². The summed E-state index contributed by atoms with van der Waals surface area (Å²) in [5, 5.41) is 16.3. The standard InChI is InChI=1S/C17H11ClN2O3S.C7H17N3/c18-16-6-5-15(24-16)14-8-11(19-23-14)9-20-12-4-2-1-3-10(12)7-13(20)17(21)22;1-7(2)9-3-5-10(8)6-4-9/h1-8H,9H2,(H,21,22);7H,3-6,8H2,1-2H3. The van der Waals surface area contributed by atoms with E-state index in [-0.39, 0.29) is 5.69 Å². The van der Waals surface area contributed by atoms with Crippen LogP contribution in [-0.2, 0) is 6.54 Å². The molecule has 5 rings (SSSR count). The molecule has 0 amide bonds. The topological polar surface area (TPSA) is 101 Å². The van der Waals surface area contributed by atoms with Crippen molar-refractivity contribution in [2.24, 2.45) is 5.84 Å². The molecule has 1 aliphatic rings. The number of halogens is 1. The highest BCUT2D eigenvalue weighted by atomic mass is 35.5. The maximum atomic E-state index is 11.5. The molecule has 1 aliphatic heterocycles. The van der Waals surface area contributed by atoms with E-state index < -0.39 is 5.97 Å². The normalized spacial score (nSPS) is 15.0. The Morgan fingerprint density at radius 1 is 1.18 bits per heavy atom. The third-order valence-electron chi connectivity index (χ3n) is 5.80. The molecular weight excluding hydrogens is 474 g/mol. The molecule has 180 valence electrons. The molecule has 0 spiro atoms. The molecule has 8 nitrogen and oxygen atoms in total. The Labute approximate surface area is 207 Å². The number of hydrogen-bond acceptors (Lipinski definition) is 7. The van der Waals surface area contributed by atoms with Crippen LogP contribution >= 0.6 is 22.9 Å². The first-order valence-corrected chi connectivity index (χ1v) is 12.3. The monoisotopic (exact) mass is 501 g/mol. The number of rotatable bonds is 5. The molecule has 0 bridgehead atoms. The average molecular weight is 502 g/mol. The van der Waals surface area contributed by atoms with Crippen LogP contribution in [0.2, 0.25) is 4.34 Å². The van der Waals surface area contributed by atoms with Crippen molar-refractivity contribution in [2.75, 3.05) is 26.2 Å². The van der Waals surface area contributed by atoms with Gasteiger partial charge in [0.2, 0.25) is 0 Å². The number of hydrogen-bond donors (Lipinski definition) is 2. The van der Waals surface area contributed by atoms with Crippen LogP contribution in [-0.4, -0.2) is 62.9 Å². The fraction of sp³-hybridized carbons (Fsp3) is 0.333. The number of para-hydroxylation sites is 1. The Morgan fingerprint density at radius 2 is 1.91 bits per heavy atom. The summed E-state index contributed by atoms with van der Waals surface area (Å²) < 4.78 is 7.76. The summed E-state index contributed by atoms with van der Waals surface area (Å²) in [6, 6.07) is 15.4. The van der Waals surface area contributed by atoms with E-state index in [1.54, 1.807) is 16.7 Å². The van der Waals surface area contributed by atoms with Crippen LogP contribution < -0.4 is 5.84 Å². The lowest BCUT2D eigenvalue weighted by Gasteiger charge is -2.34. The average Bonchev–Trinajstić information content (AvgIpc) is 3.54. The van der Waals surface area contributed by atoms with E-state index in [2.05, 4.69) is 23.9 Å². The van der Waals surface area contributed by atoms with Crippen LogP contribution in [0.1, 0.15) is 30.0 Å². The highest BCUT2D eigenvalue weighted by Crippen LogP contribution is 2.31. The van der Waals surface area contributed by atoms with Gasteiger partial charge in [-0.1, -0.05) is 35.0 Å². The van der Waals surface area contributed by atoms with Gasteiger partial charge in [-0.25, -0.2) is 9.80 Å². The number of piperazine rings is 1. The molecule has 4 heterocycles. The van der Waals surface area contributed by atoms with Gasteiger partial charge in [-0.2, -0.15) is 0 Å². The number of carbonyl (C=O) groups is 1. The van der Waals surface area contributed by atoms with Crippen molar-refractivity contribution in [2.45, 2.75) is 26.4 Å². The van der Waals surface area contributed by atoms with E-state index in [0.717, 1.165) is 42.0 Å². The van der Waals surface area contributed by atoms with Crippen LogP contribution in [0.15, 0.2) is 53.1 Å². The number of aromatic nitrogens is 2. The van der Waals surface area contributed by atoms with Gasteiger partial charge in [0.15, 0.2) is 5.76 Å². The molecule has 3 N–H and O–H groups in total. The Morgan fingerprint density at radius 3 is 2.56 bits per heavy atom. The number of nitrogens with two attached hydrogens (primary N) is 1. The van der Waals surface area contributed by atoms with Crippen molar-refractivity contribution in [1.29, 1.82) is 0 Å². The number of thiophene rings is 1. The minimum Gasteiger partial charge on any atom is -0.477 e. The van der Waals surface area contributed by atoms with Crippen molar-refractivity contribution in [3.8, 4) is 10.6 Å². The predicted molar refractivity (Wildman–Crippen MR) is 135 cm³/mol. The third kappa shape index (κ3) is 5.68. The first-order chi connectivity index (χ1) is 16.3. The lowest BCUT2D eigenvalue weighted by Crippen LogP contribution is -2.51. The quantitative estimate of drug-likeness (QED) is 0.384. The Hall–Kier alpha value is -2.69. The van der Waals surface area contributed by atoms with Gasteiger partial charge in [0.05, 0.1) is 15.8 Å². The van der Waals surface area contributed by atoms with Crippen molar-refractivity contribution < 1.29 is 14.4 Å². The number of hydrazine groups is 1. The van der Waals surface area contributed by atoms with Crippen LogP contribution in [0, 0.1) is 0 Å². The highest BCUT2D eigenvalue weighted by Gasteiger charge is 2.17. The second-order valence-corrected chi connectivity index (χ2v) is 10.1. The highest BCUT2D eigenvalue weighted by molar-refractivity contribution is 7.19. The number of carboxylic acids is 1. The van der Waals surface area contributed by atoms with Crippen LogP contribution in [0.5, 0.6) is 0 Å². The zero-order valence-corrected chi connectivity index (χ0v) is 20.7. The maximum absolute atomic E-state index is 11.5. The van der Waals surface area contributed by atoms with E-state index in [0.29, 0.717) is 28.4 Å². The van der Waals surface area contributed by atoms with Gasteiger partial charge in [-0.15, -0.1) is 11.3 Å². The fourth-order valence-electron chi connectivity index (χ4n) is 3.92. The largest absolute Gasteiger partial charge is 0.477 e. The fourth-order valence-corrected chi connectivity index (χ4v) is 4.91. The number of aromatic carboxylic acids is 1. The predicted octanol–water partition coefficient (Wildman–Crippen LogP) is 4.64. The maximum Gasteiger partial charge on any atom is 0.352 e. The number of carboxylic acid groups (broad SMARTS) is 1. The van der Waals surface area contributed by atoms with E-state index in [1.807, 2.05) is 41.4 Å². The van der Waals surface area contributed by atoms with Crippen LogP contribution in [0.25, 0.3) is 21.5 Å². The molecule has 34 heavy (non-hydrogen) atoms. The molecule has 0 aliphatic carbocycles. The van der Waals surface area contributed by atoms with Gasteiger partial charge in [0.1, 0.15) is 11.4 Å². The molecule has 3 aromatic heterocycles. The minimum atomic E-state index is -0.972. The summed E-state index contributed by atoms with van der Waals surface area (Å²) >= 11 is 7.34. The molecule has 1 aromatic carbocycles. The summed E-state index contributed by atoms with van der Waals surface area (Å²) in [4.78, 5) is 14.9. The number of benzene rings is 1. The van der Waals surface area contributed by atoms with Gasteiger partial charge in [0, 0.05) is 49.2 Å². The summed E-state index contributed by atoms with van der Waals surface area (Å²) in [6.45, 7) is 9.04. The Kier molecular flexibility index (Phi) is 7.70. The van der Waals surface area contributed by atoms with Gasteiger partial charge in [-0.3, -0.25) is 10.7 Å². The second-order valence-electron chi connectivity index (χ2n) is 8.43. The van der Waals surface area contributed by atoms with Gasteiger partial charge in [0.25, 0.3) is 0 Å². The van der Waals surface area contributed by atoms with Crippen molar-refractivity contribution >= 4 is 39.8 Å². The molecular formula is C24H28ClN5O3S. The Bertz CT molecular complexity index is 1260. The second kappa shape index (κ2) is 10.7. The molecule has 1 saturated heterocycles. The zero-order chi connectivity index (χ0) is 24.2. The summed E-state index contributed by atoms with van der Waals surface area (Å²) in [7, 11) is 0. The first-order valence-electron chi connectivity index (χ1n) is 11.1. The summed E-state index contributed by atoms with van der Waals surface area (Å²) in [5.41, 5.74) is 1.72. The first kappa shape index (κ1) is 24.4. The molecule has 1 fully saturated rings. The lowest BCUT2D eigenvalue weighted by atomic mass is 10.2. The van der Waals surface area contributed by atoms with Crippen LogP contribution in [0.3, 0.4) is 0 Å². The van der Waals surface area contributed by atoms with E-state index in [4.69, 9.17) is 22.0 Å². The number of fused-ring (bicyclic) bond motifs is 1. The van der Waals surface area contributed by atoms with E-state index in [1.165, 1.54) is 11.3 Å². The smallest absolute Gasteiger partial charge is 0.352 e. The van der Waals surface area contributed by atoms with E-state index >= 15 is 0 Å². The molecule has 0 saturated carbocycles. The number of nitrogens with zero attached hydrogens (tertiary/aromatic N) is 4. The van der Waals surface area contributed by atoms with Crippen molar-refractivity contribution in [3.05, 3.63) is 64.3 Å². The lowest BCUT2D eigenvalue weighted by molar-refractivity contribution is 0.0686. The summed E-state index contributed by atoms with van der Waals surface area (Å²) in [5.74, 6) is 5.25.